The molecule has 0 saturated carbocycles. The number of phenolic OH excluding ortho intramolecular Hbond substituents is 1. The highest BCUT2D eigenvalue weighted by atomic mass is 35.5. The molecule has 1 unspecified atom stereocenters. The molecule has 0 aliphatic rings. The maximum absolute atomic E-state index is 12.6. The predicted octanol–water partition coefficient (Wildman–Crippen LogP) is 3.31. The minimum absolute atomic E-state index is 0.0141. The van der Waals surface area contributed by atoms with Crippen molar-refractivity contribution in [3.05, 3.63) is 64.7 Å². The van der Waals surface area contributed by atoms with Crippen LogP contribution < -0.4 is 5.32 Å². The summed E-state index contributed by atoms with van der Waals surface area (Å²) in [6.45, 7) is 0.570. The van der Waals surface area contributed by atoms with Gasteiger partial charge in [0.25, 0.3) is 0 Å². The Bertz CT molecular complexity index is 628. The van der Waals surface area contributed by atoms with Crippen molar-refractivity contribution >= 4 is 17.4 Å². The first-order chi connectivity index (χ1) is 10.1. The molecule has 3 nitrogen and oxygen atoms in total. The molecule has 0 spiro atoms. The second-order valence-corrected chi connectivity index (χ2v) is 5.44. The normalized spacial score (nSPS) is 12.1. The molecule has 2 N–H and O–H groups in total. The molecular formula is C17H18ClNO2. The Labute approximate surface area is 129 Å². The third-order valence-electron chi connectivity index (χ3n) is 3.32. The lowest BCUT2D eigenvalue weighted by Crippen LogP contribution is -2.28. The third-order valence-corrected chi connectivity index (χ3v) is 3.56. The second-order valence-electron chi connectivity index (χ2n) is 5.00. The van der Waals surface area contributed by atoms with E-state index in [0.717, 1.165) is 5.56 Å². The maximum atomic E-state index is 12.6. The van der Waals surface area contributed by atoms with Crippen LogP contribution in [-0.4, -0.2) is 24.5 Å². The molecule has 0 aromatic heterocycles. The number of Topliss-reactive ketones (excluding diaryl/α,β-unsaturated/α-hetero) is 1. The number of carbonyl (C=O) groups is 1. The molecule has 0 fully saturated rings. The van der Waals surface area contributed by atoms with Crippen molar-refractivity contribution in [2.75, 3.05) is 13.6 Å². The summed E-state index contributed by atoms with van der Waals surface area (Å²) >= 11 is 5.99. The fourth-order valence-electron chi connectivity index (χ4n) is 2.35. The summed E-state index contributed by atoms with van der Waals surface area (Å²) < 4.78 is 0. The van der Waals surface area contributed by atoms with Crippen molar-refractivity contribution in [3.8, 4) is 5.75 Å². The summed E-state index contributed by atoms with van der Waals surface area (Å²) in [7, 11) is 1.82. The quantitative estimate of drug-likeness (QED) is 0.805. The van der Waals surface area contributed by atoms with Crippen LogP contribution in [0, 0.1) is 5.92 Å². The van der Waals surface area contributed by atoms with E-state index in [1.807, 2.05) is 31.3 Å². The summed E-state index contributed by atoms with van der Waals surface area (Å²) in [5.41, 5.74) is 1.55. The van der Waals surface area contributed by atoms with Gasteiger partial charge in [-0.05, 0) is 43.3 Å². The van der Waals surface area contributed by atoms with E-state index in [9.17, 15) is 9.90 Å². The molecule has 0 heterocycles. The zero-order valence-corrected chi connectivity index (χ0v) is 12.6. The average Bonchev–Trinajstić information content (AvgIpc) is 2.46. The molecule has 2 aromatic rings. The molecule has 0 aliphatic heterocycles. The molecule has 4 heteroatoms. The number of nitrogens with one attached hydrogen (secondary N) is 1. The molecule has 0 radical (unpaired) electrons. The lowest BCUT2D eigenvalue weighted by atomic mass is 9.91. The van der Waals surface area contributed by atoms with E-state index >= 15 is 0 Å². The van der Waals surface area contributed by atoms with Crippen LogP contribution in [0.4, 0.5) is 0 Å². The standard InChI is InChI=1S/C17H18ClNO2/c1-19-11-14(8-12-4-2-6-15(18)9-12)17(21)13-5-3-7-16(20)10-13/h2-7,9-10,14,19-20H,8,11H2,1H3. The van der Waals surface area contributed by atoms with Crippen molar-refractivity contribution in [2.45, 2.75) is 6.42 Å². The van der Waals surface area contributed by atoms with Crippen molar-refractivity contribution in [1.82, 2.24) is 5.32 Å². The Hall–Kier alpha value is -1.84. The predicted molar refractivity (Wildman–Crippen MR) is 85.0 cm³/mol. The Morgan fingerprint density at radius 2 is 2.00 bits per heavy atom. The molecule has 1 atom stereocenters. The topological polar surface area (TPSA) is 49.3 Å². The molecule has 0 bridgehead atoms. The van der Waals surface area contributed by atoms with Gasteiger partial charge in [0, 0.05) is 23.0 Å². The number of aromatic hydroxyl groups is 1. The van der Waals surface area contributed by atoms with Gasteiger partial charge >= 0.3 is 0 Å². The van der Waals surface area contributed by atoms with Gasteiger partial charge < -0.3 is 10.4 Å². The number of carbonyl (C=O) groups excluding carboxylic acids is 1. The Balaban J connectivity index is 2.20. The van der Waals surface area contributed by atoms with Crippen LogP contribution in [0.25, 0.3) is 0 Å². The first-order valence-corrected chi connectivity index (χ1v) is 7.20. The smallest absolute Gasteiger partial charge is 0.167 e. The van der Waals surface area contributed by atoms with Crippen LogP contribution in [0.15, 0.2) is 48.5 Å². The number of rotatable bonds is 6. The minimum atomic E-state index is -0.199. The van der Waals surface area contributed by atoms with Crippen molar-refractivity contribution < 1.29 is 9.90 Å². The van der Waals surface area contributed by atoms with Gasteiger partial charge in [0.1, 0.15) is 5.75 Å². The Morgan fingerprint density at radius 3 is 2.67 bits per heavy atom. The molecule has 2 rings (SSSR count). The maximum Gasteiger partial charge on any atom is 0.167 e. The summed E-state index contributed by atoms with van der Waals surface area (Å²) in [5, 5.41) is 13.2. The number of benzene rings is 2. The molecule has 0 amide bonds. The van der Waals surface area contributed by atoms with E-state index < -0.39 is 0 Å². The highest BCUT2D eigenvalue weighted by Crippen LogP contribution is 2.19. The van der Waals surface area contributed by atoms with E-state index in [0.29, 0.717) is 23.6 Å². The summed E-state index contributed by atoms with van der Waals surface area (Å²) in [4.78, 5) is 12.6. The fraction of sp³-hybridized carbons (Fsp3) is 0.235. The highest BCUT2D eigenvalue weighted by molar-refractivity contribution is 6.30. The van der Waals surface area contributed by atoms with Crippen LogP contribution in [0.3, 0.4) is 0 Å². The van der Waals surface area contributed by atoms with Crippen molar-refractivity contribution in [3.63, 3.8) is 0 Å². The highest BCUT2D eigenvalue weighted by Gasteiger charge is 2.20. The van der Waals surface area contributed by atoms with Crippen LogP contribution in [0.2, 0.25) is 5.02 Å². The fourth-order valence-corrected chi connectivity index (χ4v) is 2.56. The van der Waals surface area contributed by atoms with Gasteiger partial charge in [0.2, 0.25) is 0 Å². The van der Waals surface area contributed by atoms with Gasteiger partial charge in [-0.1, -0.05) is 35.9 Å². The van der Waals surface area contributed by atoms with E-state index in [2.05, 4.69) is 5.32 Å². The number of phenols is 1. The minimum Gasteiger partial charge on any atom is -0.508 e. The number of ketones is 1. The average molecular weight is 304 g/mol. The van der Waals surface area contributed by atoms with Gasteiger partial charge in [-0.2, -0.15) is 0 Å². The monoisotopic (exact) mass is 303 g/mol. The van der Waals surface area contributed by atoms with Crippen LogP contribution in [-0.2, 0) is 6.42 Å². The van der Waals surface area contributed by atoms with Gasteiger partial charge in [0.05, 0.1) is 0 Å². The molecule has 0 aliphatic carbocycles. The van der Waals surface area contributed by atoms with Crippen molar-refractivity contribution in [2.24, 2.45) is 5.92 Å². The molecule has 21 heavy (non-hydrogen) atoms. The SMILES string of the molecule is CNCC(Cc1cccc(Cl)c1)C(=O)c1cccc(O)c1. The third kappa shape index (κ3) is 4.31. The van der Waals surface area contributed by atoms with Gasteiger partial charge in [-0.15, -0.1) is 0 Å². The largest absolute Gasteiger partial charge is 0.508 e. The zero-order chi connectivity index (χ0) is 15.2. The molecule has 0 saturated heterocycles. The first kappa shape index (κ1) is 15.5. The second kappa shape index (κ2) is 7.25. The molecule has 2 aromatic carbocycles. The number of hydrogen-bond acceptors (Lipinski definition) is 3. The van der Waals surface area contributed by atoms with Crippen LogP contribution in [0.1, 0.15) is 15.9 Å². The summed E-state index contributed by atoms with van der Waals surface area (Å²) in [6, 6.07) is 14.0. The van der Waals surface area contributed by atoms with Gasteiger partial charge in [-0.3, -0.25) is 4.79 Å². The molecule has 110 valence electrons. The summed E-state index contributed by atoms with van der Waals surface area (Å²) in [6.07, 6.45) is 0.607. The van der Waals surface area contributed by atoms with E-state index in [1.54, 1.807) is 18.2 Å². The van der Waals surface area contributed by atoms with Crippen LogP contribution >= 0.6 is 11.6 Å². The van der Waals surface area contributed by atoms with Crippen molar-refractivity contribution in [1.29, 1.82) is 0 Å². The van der Waals surface area contributed by atoms with E-state index in [4.69, 9.17) is 11.6 Å². The lowest BCUT2D eigenvalue weighted by molar-refractivity contribution is 0.0918. The zero-order valence-electron chi connectivity index (χ0n) is 11.8. The van der Waals surface area contributed by atoms with E-state index in [-0.39, 0.29) is 17.5 Å². The van der Waals surface area contributed by atoms with Gasteiger partial charge in [0.15, 0.2) is 5.78 Å². The van der Waals surface area contributed by atoms with Crippen LogP contribution in [0.5, 0.6) is 5.75 Å². The summed E-state index contributed by atoms with van der Waals surface area (Å²) in [5.74, 6) is -0.0812. The number of halogens is 1. The Morgan fingerprint density at radius 1 is 1.24 bits per heavy atom. The molecular weight excluding hydrogens is 286 g/mol. The lowest BCUT2D eigenvalue weighted by Gasteiger charge is -2.16. The Kier molecular flexibility index (Phi) is 5.37. The van der Waals surface area contributed by atoms with E-state index in [1.165, 1.54) is 6.07 Å². The number of hydrogen-bond donors (Lipinski definition) is 2. The van der Waals surface area contributed by atoms with Gasteiger partial charge in [-0.25, -0.2) is 0 Å². The first-order valence-electron chi connectivity index (χ1n) is 6.82.